The third kappa shape index (κ3) is 2.72. The molecule has 0 fully saturated rings. The van der Waals surface area contributed by atoms with Crippen molar-refractivity contribution in [2.45, 2.75) is 26.9 Å². The van der Waals surface area contributed by atoms with E-state index in [0.29, 0.717) is 23.5 Å². The first-order chi connectivity index (χ1) is 14.4. The Morgan fingerprint density at radius 3 is 2.47 bits per heavy atom. The fraction of sp³-hybridized carbons (Fsp3) is 0.227. The van der Waals surface area contributed by atoms with Crippen molar-refractivity contribution in [3.8, 4) is 0 Å². The van der Waals surface area contributed by atoms with Crippen molar-refractivity contribution in [2.24, 2.45) is 7.05 Å². The maximum absolute atomic E-state index is 13.3. The van der Waals surface area contributed by atoms with Gasteiger partial charge in [-0.2, -0.15) is 4.98 Å². The summed E-state index contributed by atoms with van der Waals surface area (Å²) in [7, 11) is 1.64. The van der Waals surface area contributed by atoms with Gasteiger partial charge in [-0.25, -0.2) is 4.79 Å². The molecule has 0 N–H and O–H groups in total. The van der Waals surface area contributed by atoms with Crippen LogP contribution in [0, 0.1) is 13.8 Å². The van der Waals surface area contributed by atoms with E-state index < -0.39 is 0 Å². The number of furan rings is 1. The normalized spacial score (nSPS) is 11.7. The van der Waals surface area contributed by atoms with Gasteiger partial charge in [-0.3, -0.25) is 18.3 Å². The molecule has 5 aromatic rings. The van der Waals surface area contributed by atoms with Crippen LogP contribution in [0.15, 0.2) is 62.9 Å². The van der Waals surface area contributed by atoms with E-state index in [1.165, 1.54) is 9.13 Å². The molecule has 0 bridgehead atoms. The fourth-order valence-corrected chi connectivity index (χ4v) is 3.82. The van der Waals surface area contributed by atoms with Gasteiger partial charge in [0.1, 0.15) is 5.76 Å². The van der Waals surface area contributed by atoms with Gasteiger partial charge in [0.05, 0.1) is 19.4 Å². The molecule has 0 aliphatic heterocycles. The number of fused-ring (bicyclic) bond motifs is 3. The number of nitrogens with zero attached hydrogens (tertiary/aromatic N) is 5. The molecular weight excluding hydrogens is 382 g/mol. The van der Waals surface area contributed by atoms with Crippen molar-refractivity contribution in [3.05, 3.63) is 92.3 Å². The van der Waals surface area contributed by atoms with E-state index in [9.17, 15) is 9.59 Å². The minimum atomic E-state index is -0.386. The average Bonchev–Trinajstić information content (AvgIpc) is 3.43. The Labute approximate surface area is 171 Å². The van der Waals surface area contributed by atoms with Crippen LogP contribution in [0.2, 0.25) is 0 Å². The van der Waals surface area contributed by atoms with Crippen molar-refractivity contribution in [3.63, 3.8) is 0 Å². The van der Waals surface area contributed by atoms with Gasteiger partial charge in [0.15, 0.2) is 11.2 Å². The molecule has 152 valence electrons. The van der Waals surface area contributed by atoms with Gasteiger partial charge >= 0.3 is 5.69 Å². The van der Waals surface area contributed by atoms with E-state index in [-0.39, 0.29) is 17.8 Å². The summed E-state index contributed by atoms with van der Waals surface area (Å²) in [5.74, 6) is 1.38. The van der Waals surface area contributed by atoms with Gasteiger partial charge in [0, 0.05) is 18.9 Å². The molecule has 8 nitrogen and oxygen atoms in total. The third-order valence-corrected chi connectivity index (χ3v) is 5.50. The van der Waals surface area contributed by atoms with Crippen LogP contribution in [0.1, 0.15) is 22.6 Å². The van der Waals surface area contributed by atoms with Crippen LogP contribution in [-0.4, -0.2) is 23.1 Å². The highest BCUT2D eigenvalue weighted by Gasteiger charge is 2.20. The Hall–Kier alpha value is -3.81. The smallest absolute Gasteiger partial charge is 0.332 e. The second kappa shape index (κ2) is 6.62. The highest BCUT2D eigenvalue weighted by atomic mass is 16.3. The van der Waals surface area contributed by atoms with Crippen molar-refractivity contribution < 1.29 is 4.42 Å². The molecule has 0 radical (unpaired) electrons. The van der Waals surface area contributed by atoms with Crippen LogP contribution in [-0.2, 0) is 20.1 Å². The zero-order valence-corrected chi connectivity index (χ0v) is 17.0. The molecule has 0 aliphatic carbocycles. The number of aryl methyl sites for hydroxylation is 3. The summed E-state index contributed by atoms with van der Waals surface area (Å²) in [5.41, 5.74) is 2.98. The highest BCUT2D eigenvalue weighted by molar-refractivity contribution is 5.75. The van der Waals surface area contributed by atoms with E-state index in [4.69, 9.17) is 4.42 Å². The zero-order chi connectivity index (χ0) is 21.0. The molecule has 0 amide bonds. The van der Waals surface area contributed by atoms with E-state index in [1.54, 1.807) is 17.7 Å². The van der Waals surface area contributed by atoms with Crippen LogP contribution in [0.25, 0.3) is 16.9 Å². The first-order valence-corrected chi connectivity index (χ1v) is 9.69. The maximum Gasteiger partial charge on any atom is 0.332 e. The molecule has 0 saturated heterocycles. The molecule has 0 atom stereocenters. The van der Waals surface area contributed by atoms with Crippen molar-refractivity contribution in [1.29, 1.82) is 0 Å². The van der Waals surface area contributed by atoms with Gasteiger partial charge < -0.3 is 8.98 Å². The Bertz CT molecular complexity index is 1500. The summed E-state index contributed by atoms with van der Waals surface area (Å²) >= 11 is 0. The highest BCUT2D eigenvalue weighted by Crippen LogP contribution is 2.18. The topological polar surface area (TPSA) is 79.4 Å². The lowest BCUT2D eigenvalue weighted by Gasteiger charge is -2.08. The number of benzene rings is 1. The molecule has 0 unspecified atom stereocenters. The quantitative estimate of drug-likeness (QED) is 0.462. The van der Waals surface area contributed by atoms with Crippen LogP contribution in [0.5, 0.6) is 0 Å². The Morgan fingerprint density at radius 1 is 1.00 bits per heavy atom. The average molecular weight is 403 g/mol. The lowest BCUT2D eigenvalue weighted by atomic mass is 10.1. The summed E-state index contributed by atoms with van der Waals surface area (Å²) in [6.45, 7) is 4.65. The van der Waals surface area contributed by atoms with Gasteiger partial charge in [0.2, 0.25) is 5.78 Å². The summed E-state index contributed by atoms with van der Waals surface area (Å²) in [4.78, 5) is 30.9. The van der Waals surface area contributed by atoms with Crippen LogP contribution in [0.4, 0.5) is 0 Å². The van der Waals surface area contributed by atoms with E-state index in [0.717, 1.165) is 22.6 Å². The van der Waals surface area contributed by atoms with Gasteiger partial charge in [-0.1, -0.05) is 29.8 Å². The summed E-state index contributed by atoms with van der Waals surface area (Å²) in [6.07, 6.45) is 3.50. The van der Waals surface area contributed by atoms with Crippen LogP contribution < -0.4 is 11.2 Å². The number of rotatable bonds is 4. The summed E-state index contributed by atoms with van der Waals surface area (Å²) in [6, 6.07) is 11.5. The van der Waals surface area contributed by atoms with Gasteiger partial charge in [0.25, 0.3) is 5.56 Å². The Kier molecular flexibility index (Phi) is 4.02. The largest absolute Gasteiger partial charge is 0.467 e. The predicted molar refractivity (Wildman–Crippen MR) is 113 cm³/mol. The minimum absolute atomic E-state index is 0.209. The van der Waals surface area contributed by atoms with Crippen LogP contribution >= 0.6 is 0 Å². The molecule has 30 heavy (non-hydrogen) atoms. The first-order valence-electron chi connectivity index (χ1n) is 9.69. The minimum Gasteiger partial charge on any atom is -0.467 e. The van der Waals surface area contributed by atoms with Gasteiger partial charge in [-0.15, -0.1) is 0 Å². The molecular formula is C22H21N5O3. The lowest BCUT2D eigenvalue weighted by molar-refractivity contribution is 0.494. The fourth-order valence-electron chi connectivity index (χ4n) is 3.82. The monoisotopic (exact) mass is 403 g/mol. The summed E-state index contributed by atoms with van der Waals surface area (Å²) < 4.78 is 11.9. The molecule has 5 rings (SSSR count). The lowest BCUT2D eigenvalue weighted by Crippen LogP contribution is -2.39. The SMILES string of the molecule is Cc1ccc(Cn2c(=O)c3c(nc4n(Cc5ccco5)c(C)cn34)n(C)c2=O)cc1. The molecule has 0 aliphatic rings. The number of imidazole rings is 2. The molecule has 4 heterocycles. The molecule has 1 aromatic carbocycles. The zero-order valence-electron chi connectivity index (χ0n) is 17.0. The number of hydrogen-bond donors (Lipinski definition) is 0. The van der Waals surface area contributed by atoms with Crippen molar-refractivity contribution in [2.75, 3.05) is 0 Å². The molecule has 8 heteroatoms. The number of aromatic nitrogens is 5. The second-order valence-electron chi connectivity index (χ2n) is 7.61. The van der Waals surface area contributed by atoms with Crippen molar-refractivity contribution in [1.82, 2.24) is 23.1 Å². The second-order valence-corrected chi connectivity index (χ2v) is 7.61. The molecule has 0 spiro atoms. The third-order valence-electron chi connectivity index (χ3n) is 5.50. The Morgan fingerprint density at radius 2 is 1.77 bits per heavy atom. The predicted octanol–water partition coefficient (Wildman–Crippen LogP) is 2.46. The number of hydrogen-bond acceptors (Lipinski definition) is 4. The molecule has 4 aromatic heterocycles. The Balaban J connectivity index is 1.72. The maximum atomic E-state index is 13.3. The van der Waals surface area contributed by atoms with E-state index in [2.05, 4.69) is 4.98 Å². The first kappa shape index (κ1) is 18.2. The van der Waals surface area contributed by atoms with E-state index in [1.807, 2.05) is 61.0 Å². The summed E-state index contributed by atoms with van der Waals surface area (Å²) in [5, 5.41) is 0. The van der Waals surface area contributed by atoms with Crippen molar-refractivity contribution >= 4 is 16.9 Å². The van der Waals surface area contributed by atoms with Gasteiger partial charge in [-0.05, 0) is 31.5 Å². The van der Waals surface area contributed by atoms with E-state index >= 15 is 0 Å². The standard InChI is InChI=1S/C22H21N5O3/c1-14-6-8-16(9-7-14)12-27-20(28)18-19(24(3)22(27)29)23-21-25(15(2)11-26(18)21)13-17-5-4-10-30-17/h4-11H,12-13H2,1-3H3. The van der Waals surface area contributed by atoms with Crippen LogP contribution in [0.3, 0.4) is 0 Å². The molecule has 0 saturated carbocycles.